The molecule has 3 rings (SSSR count). The van der Waals surface area contributed by atoms with Crippen molar-refractivity contribution in [2.24, 2.45) is 0 Å². The van der Waals surface area contributed by atoms with E-state index in [1.807, 2.05) is 36.4 Å². The molecule has 0 saturated carbocycles. The molecule has 2 aromatic rings. The Morgan fingerprint density at radius 2 is 2.04 bits per heavy atom. The van der Waals surface area contributed by atoms with E-state index >= 15 is 0 Å². The molecule has 0 spiro atoms. The third-order valence-corrected chi connectivity index (χ3v) is 4.33. The van der Waals surface area contributed by atoms with Crippen LogP contribution in [0.3, 0.4) is 0 Å². The Kier molecular flexibility index (Phi) is 6.23. The molecule has 1 aliphatic heterocycles. The summed E-state index contributed by atoms with van der Waals surface area (Å²) in [6, 6.07) is 9.91. The van der Waals surface area contributed by atoms with Crippen LogP contribution in [0.5, 0.6) is 5.75 Å². The van der Waals surface area contributed by atoms with Crippen LogP contribution >= 0.6 is 0 Å². The number of aliphatic hydroxyl groups excluding tert-OH is 2. The van der Waals surface area contributed by atoms with Crippen LogP contribution in [0.1, 0.15) is 18.2 Å². The van der Waals surface area contributed by atoms with Crippen LogP contribution in [0.4, 0.5) is 0 Å². The van der Waals surface area contributed by atoms with Gasteiger partial charge >= 0.3 is 5.69 Å². The molecule has 1 aromatic heterocycles. The molecule has 144 valence electrons. The maximum Gasteiger partial charge on any atom is 0.330 e. The SMILES string of the molecule is O=c1[nH]c(=O)n(C2CC(O)C(CO)O2)cc1OC/C=C/Cc1ccccc1. The number of nitrogens with zero attached hydrogens (tertiary/aromatic N) is 1. The van der Waals surface area contributed by atoms with Crippen LogP contribution in [0, 0.1) is 0 Å². The zero-order valence-corrected chi connectivity index (χ0v) is 14.7. The summed E-state index contributed by atoms with van der Waals surface area (Å²) < 4.78 is 12.1. The van der Waals surface area contributed by atoms with Crippen LogP contribution in [-0.4, -0.2) is 45.2 Å². The van der Waals surface area contributed by atoms with Gasteiger partial charge in [-0.2, -0.15) is 0 Å². The fourth-order valence-electron chi connectivity index (χ4n) is 2.87. The minimum atomic E-state index is -0.885. The summed E-state index contributed by atoms with van der Waals surface area (Å²) in [4.78, 5) is 26.1. The van der Waals surface area contributed by atoms with E-state index in [1.54, 1.807) is 6.08 Å². The highest BCUT2D eigenvalue weighted by Gasteiger charge is 2.35. The molecule has 0 bridgehead atoms. The van der Waals surface area contributed by atoms with E-state index in [0.29, 0.717) is 0 Å². The monoisotopic (exact) mass is 374 g/mol. The lowest BCUT2D eigenvalue weighted by Crippen LogP contribution is -2.33. The molecule has 1 fully saturated rings. The highest BCUT2D eigenvalue weighted by Crippen LogP contribution is 2.27. The van der Waals surface area contributed by atoms with Crippen molar-refractivity contribution < 1.29 is 19.7 Å². The standard InChI is InChI=1S/C19H22N2O6/c22-12-16-14(23)10-17(27-16)21-11-15(18(24)20-19(21)25)26-9-5-4-8-13-6-2-1-3-7-13/h1-7,11,14,16-17,22-23H,8-10,12H2,(H,20,24,25)/b5-4+. The average Bonchev–Trinajstić information content (AvgIpc) is 3.04. The highest BCUT2D eigenvalue weighted by atomic mass is 16.5. The number of benzene rings is 1. The Hall–Kier alpha value is -2.68. The molecule has 8 heteroatoms. The molecule has 0 amide bonds. The first-order valence-corrected chi connectivity index (χ1v) is 8.70. The van der Waals surface area contributed by atoms with Gasteiger partial charge in [0.25, 0.3) is 5.56 Å². The van der Waals surface area contributed by atoms with E-state index in [4.69, 9.17) is 14.6 Å². The first-order chi connectivity index (χ1) is 13.1. The Bertz CT molecular complexity index is 889. The molecule has 8 nitrogen and oxygen atoms in total. The van der Waals surface area contributed by atoms with Gasteiger partial charge in [-0.15, -0.1) is 0 Å². The Labute approximate surface area is 155 Å². The predicted octanol–water partition coefficient (Wildman–Crippen LogP) is 0.355. The van der Waals surface area contributed by atoms with E-state index in [1.165, 1.54) is 6.20 Å². The molecule has 3 N–H and O–H groups in total. The van der Waals surface area contributed by atoms with Crippen LogP contribution < -0.4 is 16.0 Å². The molecule has 0 radical (unpaired) electrons. The van der Waals surface area contributed by atoms with Gasteiger partial charge in [0, 0.05) is 6.42 Å². The van der Waals surface area contributed by atoms with Gasteiger partial charge in [0.2, 0.25) is 5.75 Å². The minimum Gasteiger partial charge on any atom is -0.482 e. The number of hydrogen-bond acceptors (Lipinski definition) is 6. The summed E-state index contributed by atoms with van der Waals surface area (Å²) in [6.45, 7) is -0.188. The van der Waals surface area contributed by atoms with Gasteiger partial charge in [-0.05, 0) is 12.0 Å². The van der Waals surface area contributed by atoms with Crippen molar-refractivity contribution in [1.29, 1.82) is 0 Å². The Morgan fingerprint density at radius 1 is 1.26 bits per heavy atom. The largest absolute Gasteiger partial charge is 0.482 e. The van der Waals surface area contributed by atoms with Gasteiger partial charge in [-0.3, -0.25) is 14.3 Å². The van der Waals surface area contributed by atoms with Crippen LogP contribution in [0.25, 0.3) is 0 Å². The smallest absolute Gasteiger partial charge is 0.330 e. The van der Waals surface area contributed by atoms with Gasteiger partial charge in [0.1, 0.15) is 18.9 Å². The number of nitrogens with one attached hydrogen (secondary N) is 1. The maximum absolute atomic E-state index is 12.0. The molecule has 2 heterocycles. The van der Waals surface area contributed by atoms with Crippen LogP contribution in [0.15, 0.2) is 58.3 Å². The van der Waals surface area contributed by atoms with E-state index in [2.05, 4.69) is 4.98 Å². The summed E-state index contributed by atoms with van der Waals surface area (Å²) in [7, 11) is 0. The molecule has 3 unspecified atom stereocenters. The summed E-state index contributed by atoms with van der Waals surface area (Å²) in [6.07, 6.45) is 3.44. The number of allylic oxidation sites excluding steroid dienone is 1. The van der Waals surface area contributed by atoms with Crippen molar-refractivity contribution in [3.63, 3.8) is 0 Å². The zero-order chi connectivity index (χ0) is 19.2. The number of aromatic nitrogens is 2. The van der Waals surface area contributed by atoms with E-state index < -0.39 is 29.7 Å². The lowest BCUT2D eigenvalue weighted by molar-refractivity contribution is -0.0461. The second-order valence-corrected chi connectivity index (χ2v) is 6.25. The number of hydrogen-bond donors (Lipinski definition) is 3. The number of aromatic amines is 1. The van der Waals surface area contributed by atoms with Crippen molar-refractivity contribution in [2.45, 2.75) is 31.3 Å². The van der Waals surface area contributed by atoms with E-state index in [9.17, 15) is 14.7 Å². The summed E-state index contributed by atoms with van der Waals surface area (Å²) in [5.74, 6) is -0.0236. The fourth-order valence-corrected chi connectivity index (χ4v) is 2.87. The lowest BCUT2D eigenvalue weighted by atomic mass is 10.1. The Balaban J connectivity index is 1.64. The van der Waals surface area contributed by atoms with E-state index in [-0.39, 0.29) is 25.4 Å². The number of ether oxygens (including phenoxy) is 2. The third kappa shape index (κ3) is 4.73. The predicted molar refractivity (Wildman–Crippen MR) is 97.7 cm³/mol. The molecule has 27 heavy (non-hydrogen) atoms. The van der Waals surface area contributed by atoms with Gasteiger partial charge in [0.15, 0.2) is 0 Å². The van der Waals surface area contributed by atoms with Crippen LogP contribution in [0.2, 0.25) is 0 Å². The molecule has 3 atom stereocenters. The highest BCUT2D eigenvalue weighted by molar-refractivity contribution is 5.18. The van der Waals surface area contributed by atoms with Gasteiger partial charge in [0.05, 0.1) is 18.9 Å². The molecule has 1 aliphatic rings. The van der Waals surface area contributed by atoms with Crippen LogP contribution in [-0.2, 0) is 11.2 Å². The topological polar surface area (TPSA) is 114 Å². The summed E-state index contributed by atoms with van der Waals surface area (Å²) >= 11 is 0. The molecule has 0 aliphatic carbocycles. The second kappa shape index (κ2) is 8.81. The summed E-state index contributed by atoms with van der Waals surface area (Å²) in [5.41, 5.74) is -0.136. The normalized spacial score (nSPS) is 22.4. The molecular formula is C19H22N2O6. The van der Waals surface area contributed by atoms with Gasteiger partial charge in [-0.1, -0.05) is 42.5 Å². The molecular weight excluding hydrogens is 352 g/mol. The average molecular weight is 374 g/mol. The molecule has 1 aromatic carbocycles. The van der Waals surface area contributed by atoms with Gasteiger partial charge < -0.3 is 19.7 Å². The Morgan fingerprint density at radius 3 is 2.74 bits per heavy atom. The van der Waals surface area contributed by atoms with E-state index in [0.717, 1.165) is 16.6 Å². The van der Waals surface area contributed by atoms with Crippen molar-refractivity contribution >= 4 is 0 Å². The van der Waals surface area contributed by atoms with Crippen molar-refractivity contribution in [2.75, 3.05) is 13.2 Å². The van der Waals surface area contributed by atoms with Crippen molar-refractivity contribution in [1.82, 2.24) is 9.55 Å². The minimum absolute atomic E-state index is 0.0236. The van der Waals surface area contributed by atoms with Crippen molar-refractivity contribution in [3.05, 3.63) is 75.1 Å². The van der Waals surface area contributed by atoms with Gasteiger partial charge in [-0.25, -0.2) is 4.79 Å². The fraction of sp³-hybridized carbons (Fsp3) is 0.368. The maximum atomic E-state index is 12.0. The first-order valence-electron chi connectivity index (χ1n) is 8.70. The lowest BCUT2D eigenvalue weighted by Gasteiger charge is -2.15. The summed E-state index contributed by atoms with van der Waals surface area (Å²) in [5, 5.41) is 19.0. The number of rotatable bonds is 7. The number of aliphatic hydroxyl groups is 2. The van der Waals surface area contributed by atoms with Crippen molar-refractivity contribution in [3.8, 4) is 5.75 Å². The number of H-pyrrole nitrogens is 1. The second-order valence-electron chi connectivity index (χ2n) is 6.25. The quantitative estimate of drug-likeness (QED) is 0.603. The molecule has 1 saturated heterocycles. The zero-order valence-electron chi connectivity index (χ0n) is 14.7. The third-order valence-electron chi connectivity index (χ3n) is 4.33. The first kappa shape index (κ1) is 19.1.